The molecule has 4 rings (SSSR count). The van der Waals surface area contributed by atoms with E-state index in [4.69, 9.17) is 0 Å². The molecule has 5 nitrogen and oxygen atoms in total. The van der Waals surface area contributed by atoms with E-state index in [1.807, 2.05) is 0 Å². The molecular weight excluding hydrogens is 274 g/mol. The Hall–Kier alpha value is -2.17. The van der Waals surface area contributed by atoms with Gasteiger partial charge in [0.2, 0.25) is 11.9 Å². The first kappa shape index (κ1) is 13.5. The molecule has 2 aliphatic rings. The van der Waals surface area contributed by atoms with Gasteiger partial charge in [0.25, 0.3) is 0 Å². The van der Waals surface area contributed by atoms with E-state index in [1.54, 1.807) is 6.33 Å². The molecule has 1 fully saturated rings. The zero-order valence-electron chi connectivity index (χ0n) is 12.7. The summed E-state index contributed by atoms with van der Waals surface area (Å²) < 4.78 is 0. The number of hydrogen-bond donors (Lipinski definition) is 1. The van der Waals surface area contributed by atoms with Gasteiger partial charge in [-0.25, -0.2) is 9.97 Å². The van der Waals surface area contributed by atoms with Crippen LogP contribution in [-0.4, -0.2) is 34.1 Å². The number of nitrogens with one attached hydrogen (secondary N) is 1. The normalized spacial score (nSPS) is 18.3. The number of fused-ring (bicyclic) bond motifs is 1. The van der Waals surface area contributed by atoms with Gasteiger partial charge in [-0.3, -0.25) is 0 Å². The maximum absolute atomic E-state index is 4.62. The van der Waals surface area contributed by atoms with Crippen molar-refractivity contribution in [3.05, 3.63) is 41.7 Å². The molecule has 114 valence electrons. The molecular formula is C17H21N5. The Kier molecular flexibility index (Phi) is 3.62. The molecule has 1 N–H and O–H groups in total. The van der Waals surface area contributed by atoms with Gasteiger partial charge in [0.15, 0.2) is 0 Å². The summed E-state index contributed by atoms with van der Waals surface area (Å²) in [5.74, 6) is 1.51. The molecule has 0 radical (unpaired) electrons. The highest BCUT2D eigenvalue weighted by Crippen LogP contribution is 2.24. The van der Waals surface area contributed by atoms with Crippen LogP contribution < -0.4 is 10.2 Å². The monoisotopic (exact) mass is 295 g/mol. The Morgan fingerprint density at radius 3 is 2.41 bits per heavy atom. The lowest BCUT2D eigenvalue weighted by molar-refractivity contribution is 0.567. The van der Waals surface area contributed by atoms with Gasteiger partial charge in [-0.05, 0) is 43.2 Å². The minimum Gasteiger partial charge on any atom is -0.351 e. The lowest BCUT2D eigenvalue weighted by Gasteiger charge is -2.26. The fourth-order valence-electron chi connectivity index (χ4n) is 3.45. The largest absolute Gasteiger partial charge is 0.351 e. The topological polar surface area (TPSA) is 53.9 Å². The third-order valence-corrected chi connectivity index (χ3v) is 4.58. The zero-order valence-corrected chi connectivity index (χ0v) is 12.7. The first-order valence-corrected chi connectivity index (χ1v) is 8.16. The molecule has 1 aliphatic carbocycles. The number of piperidine rings is 1. The van der Waals surface area contributed by atoms with Crippen LogP contribution in [0.15, 0.2) is 30.6 Å². The minimum atomic E-state index is 0.383. The van der Waals surface area contributed by atoms with Crippen LogP contribution in [0.4, 0.5) is 11.9 Å². The second kappa shape index (κ2) is 5.91. The highest BCUT2D eigenvalue weighted by molar-refractivity contribution is 5.40. The predicted molar refractivity (Wildman–Crippen MR) is 87.2 cm³/mol. The van der Waals surface area contributed by atoms with Crippen LogP contribution in [-0.2, 0) is 12.8 Å². The van der Waals surface area contributed by atoms with Gasteiger partial charge in [0.05, 0.1) is 0 Å². The average molecular weight is 295 g/mol. The van der Waals surface area contributed by atoms with Crippen molar-refractivity contribution >= 4 is 11.9 Å². The van der Waals surface area contributed by atoms with Crippen LogP contribution in [0.5, 0.6) is 0 Å². The summed E-state index contributed by atoms with van der Waals surface area (Å²) in [6.45, 7) is 2.11. The smallest absolute Gasteiger partial charge is 0.230 e. The Morgan fingerprint density at radius 1 is 0.955 bits per heavy atom. The van der Waals surface area contributed by atoms with Crippen molar-refractivity contribution in [2.75, 3.05) is 23.3 Å². The van der Waals surface area contributed by atoms with Crippen LogP contribution in [0.3, 0.4) is 0 Å². The standard InChI is InChI=1S/C17H21N5/c1-4-8-22(9-5-1)17-19-12-18-16(21-17)20-15-10-13-6-2-3-7-14(13)11-15/h2-3,6-7,12,15H,1,4-5,8-11H2,(H,18,19,20,21). The molecule has 0 amide bonds. The molecule has 0 bridgehead atoms. The van der Waals surface area contributed by atoms with Crippen molar-refractivity contribution < 1.29 is 0 Å². The molecule has 0 spiro atoms. The maximum atomic E-state index is 4.62. The van der Waals surface area contributed by atoms with E-state index < -0.39 is 0 Å². The number of rotatable bonds is 3. The Balaban J connectivity index is 1.45. The van der Waals surface area contributed by atoms with Crippen molar-refractivity contribution in [2.45, 2.75) is 38.1 Å². The predicted octanol–water partition coefficient (Wildman–Crippen LogP) is 2.44. The number of hydrogen-bond acceptors (Lipinski definition) is 5. The van der Waals surface area contributed by atoms with Crippen LogP contribution in [0, 0.1) is 0 Å². The van der Waals surface area contributed by atoms with Gasteiger partial charge in [-0.2, -0.15) is 4.98 Å². The van der Waals surface area contributed by atoms with E-state index in [-0.39, 0.29) is 0 Å². The van der Waals surface area contributed by atoms with Crippen molar-refractivity contribution in [3.63, 3.8) is 0 Å². The van der Waals surface area contributed by atoms with Crippen LogP contribution in [0.1, 0.15) is 30.4 Å². The third-order valence-electron chi connectivity index (χ3n) is 4.58. The second-order valence-electron chi connectivity index (χ2n) is 6.18. The number of aromatic nitrogens is 3. The Labute approximate surface area is 130 Å². The molecule has 0 unspecified atom stereocenters. The molecule has 2 heterocycles. The first-order valence-electron chi connectivity index (χ1n) is 8.16. The Morgan fingerprint density at radius 2 is 1.68 bits per heavy atom. The van der Waals surface area contributed by atoms with Gasteiger partial charge in [-0.1, -0.05) is 24.3 Å². The highest BCUT2D eigenvalue weighted by Gasteiger charge is 2.22. The van der Waals surface area contributed by atoms with Crippen molar-refractivity contribution in [1.29, 1.82) is 0 Å². The molecule has 22 heavy (non-hydrogen) atoms. The average Bonchev–Trinajstić information content (AvgIpc) is 2.98. The second-order valence-corrected chi connectivity index (χ2v) is 6.18. The number of benzene rings is 1. The van der Waals surface area contributed by atoms with E-state index in [2.05, 4.69) is 49.4 Å². The molecule has 0 atom stereocenters. The molecule has 5 heteroatoms. The number of nitrogens with zero attached hydrogens (tertiary/aromatic N) is 4. The van der Waals surface area contributed by atoms with Crippen LogP contribution in [0.25, 0.3) is 0 Å². The SMILES string of the molecule is c1ccc2c(c1)CC(Nc1ncnc(N3CCCCC3)n1)C2. The summed E-state index contributed by atoms with van der Waals surface area (Å²) in [7, 11) is 0. The van der Waals surface area contributed by atoms with Crippen molar-refractivity contribution in [1.82, 2.24) is 15.0 Å². The van der Waals surface area contributed by atoms with E-state index in [0.717, 1.165) is 31.9 Å². The fourth-order valence-corrected chi connectivity index (χ4v) is 3.45. The molecule has 1 saturated heterocycles. The zero-order chi connectivity index (χ0) is 14.8. The van der Waals surface area contributed by atoms with Gasteiger partial charge in [0.1, 0.15) is 6.33 Å². The molecule has 1 aromatic carbocycles. The van der Waals surface area contributed by atoms with Gasteiger partial charge in [0, 0.05) is 19.1 Å². The number of anilines is 2. The third kappa shape index (κ3) is 2.75. The molecule has 2 aromatic rings. The summed E-state index contributed by atoms with van der Waals surface area (Å²) >= 11 is 0. The summed E-state index contributed by atoms with van der Waals surface area (Å²) in [6.07, 6.45) is 7.48. The summed E-state index contributed by atoms with van der Waals surface area (Å²) in [4.78, 5) is 15.5. The first-order chi connectivity index (χ1) is 10.9. The molecule has 0 saturated carbocycles. The molecule has 1 aliphatic heterocycles. The summed E-state index contributed by atoms with van der Waals surface area (Å²) in [5.41, 5.74) is 2.87. The van der Waals surface area contributed by atoms with Gasteiger partial charge >= 0.3 is 0 Å². The van der Waals surface area contributed by atoms with E-state index in [0.29, 0.717) is 12.0 Å². The van der Waals surface area contributed by atoms with Crippen molar-refractivity contribution in [3.8, 4) is 0 Å². The van der Waals surface area contributed by atoms with Gasteiger partial charge < -0.3 is 10.2 Å². The van der Waals surface area contributed by atoms with Crippen LogP contribution in [0.2, 0.25) is 0 Å². The quantitative estimate of drug-likeness (QED) is 0.942. The summed E-state index contributed by atoms with van der Waals surface area (Å²) in [5, 5.41) is 3.48. The summed E-state index contributed by atoms with van der Waals surface area (Å²) in [6, 6.07) is 9.03. The maximum Gasteiger partial charge on any atom is 0.230 e. The van der Waals surface area contributed by atoms with Crippen molar-refractivity contribution in [2.24, 2.45) is 0 Å². The van der Waals surface area contributed by atoms with E-state index in [9.17, 15) is 0 Å². The van der Waals surface area contributed by atoms with E-state index >= 15 is 0 Å². The Bertz CT molecular complexity index is 626. The fraction of sp³-hybridized carbons (Fsp3) is 0.471. The minimum absolute atomic E-state index is 0.383. The van der Waals surface area contributed by atoms with E-state index in [1.165, 1.54) is 30.4 Å². The van der Waals surface area contributed by atoms with Gasteiger partial charge in [-0.15, -0.1) is 0 Å². The lowest BCUT2D eigenvalue weighted by atomic mass is 10.1. The highest BCUT2D eigenvalue weighted by atomic mass is 15.3. The molecule has 1 aromatic heterocycles. The van der Waals surface area contributed by atoms with Crippen LogP contribution >= 0.6 is 0 Å². The lowest BCUT2D eigenvalue weighted by Crippen LogP contribution is -2.31.